The molecular weight excluding hydrogens is 430 g/mol. The predicted octanol–water partition coefficient (Wildman–Crippen LogP) is 5.78. The number of ether oxygens (including phenoxy) is 1. The minimum Gasteiger partial charge on any atom is -0.429 e. The van der Waals surface area contributed by atoms with Gasteiger partial charge in [0.25, 0.3) is 0 Å². The number of hydrogen-bond donors (Lipinski definition) is 0. The van der Waals surface area contributed by atoms with Crippen molar-refractivity contribution in [1.29, 1.82) is 0 Å². The first-order chi connectivity index (χ1) is 16.8. The van der Waals surface area contributed by atoms with E-state index in [-0.39, 0.29) is 0 Å². The summed E-state index contributed by atoms with van der Waals surface area (Å²) in [6, 6.07) is 1.60. The van der Waals surface area contributed by atoms with Crippen LogP contribution in [0.15, 0.2) is 12.3 Å². The Balaban J connectivity index is 1.38. The van der Waals surface area contributed by atoms with Crippen LogP contribution in [-0.2, 0) is 0 Å². The quantitative estimate of drug-likeness (QED) is 0.424. The van der Waals surface area contributed by atoms with E-state index in [1.54, 1.807) is 0 Å². The zero-order valence-electron chi connectivity index (χ0n) is 24.0. The summed E-state index contributed by atoms with van der Waals surface area (Å²) < 4.78 is 5.73. The minimum absolute atomic E-state index is 0.653. The Labute approximate surface area is 217 Å². The highest BCUT2D eigenvalue weighted by atomic mass is 16.5. The van der Waals surface area contributed by atoms with Crippen LogP contribution in [-0.4, -0.2) is 86.0 Å². The lowest BCUT2D eigenvalue weighted by atomic mass is 9.67. The zero-order valence-corrected chi connectivity index (χ0v) is 24.0. The summed E-state index contributed by atoms with van der Waals surface area (Å²) in [5, 5.41) is 0. The molecule has 2 unspecified atom stereocenters. The summed E-state index contributed by atoms with van der Waals surface area (Å²) in [4.78, 5) is 7.12. The van der Waals surface area contributed by atoms with Gasteiger partial charge < -0.3 is 19.4 Å². The molecule has 1 heterocycles. The summed E-state index contributed by atoms with van der Waals surface area (Å²) >= 11 is 0. The molecule has 3 saturated carbocycles. The molecule has 0 radical (unpaired) electrons. The van der Waals surface area contributed by atoms with Crippen LogP contribution in [0.3, 0.4) is 0 Å². The third kappa shape index (κ3) is 7.48. The number of allylic oxidation sites excluding steroid dienone is 1. The SMILES string of the molecule is CN(C)/C=C/C1CCC(C2CC(C3CCC(N(C)C)CC3)[OH+]C(C3CCC(N(C)C)CC3)C2)CC1. The molecule has 0 amide bonds. The largest absolute Gasteiger partial charge is 0.429 e. The lowest BCUT2D eigenvalue weighted by Gasteiger charge is -2.45. The first-order valence-electron chi connectivity index (χ1n) is 15.2. The Morgan fingerprint density at radius 2 is 0.943 bits per heavy atom. The Morgan fingerprint density at radius 3 is 1.34 bits per heavy atom. The highest BCUT2D eigenvalue weighted by Crippen LogP contribution is 2.45. The van der Waals surface area contributed by atoms with Gasteiger partial charge in [-0.3, -0.25) is 0 Å². The fraction of sp³-hybridized carbons (Fsp3) is 0.935. The molecule has 1 N–H and O–H groups in total. The molecule has 0 aromatic rings. The lowest BCUT2D eigenvalue weighted by Crippen LogP contribution is -2.48. The van der Waals surface area contributed by atoms with Crippen molar-refractivity contribution in [2.75, 3.05) is 42.3 Å². The third-order valence-electron chi connectivity index (χ3n) is 10.6. The normalized spacial score (nSPS) is 41.5. The number of nitrogens with zero attached hydrogens (tertiary/aromatic N) is 3. The van der Waals surface area contributed by atoms with Gasteiger partial charge in [-0.15, -0.1) is 0 Å². The van der Waals surface area contributed by atoms with Gasteiger partial charge in [-0.1, -0.05) is 6.08 Å². The maximum absolute atomic E-state index is 5.73. The maximum atomic E-state index is 5.73. The van der Waals surface area contributed by atoms with Gasteiger partial charge in [-0.2, -0.15) is 0 Å². The molecule has 0 bridgehead atoms. The molecule has 0 spiro atoms. The fourth-order valence-electron chi connectivity index (χ4n) is 8.21. The topological polar surface area (TPSA) is 22.5 Å². The second-order valence-corrected chi connectivity index (χ2v) is 13.6. The second kappa shape index (κ2) is 12.8. The molecular formula is C31H58N3O+. The highest BCUT2D eigenvalue weighted by Gasteiger charge is 2.45. The fourth-order valence-corrected chi connectivity index (χ4v) is 8.21. The van der Waals surface area contributed by atoms with Crippen molar-refractivity contribution in [2.45, 2.75) is 114 Å². The molecule has 0 aromatic carbocycles. The number of hydrogen-bond acceptors (Lipinski definition) is 3. The molecule has 4 nitrogen and oxygen atoms in total. The van der Waals surface area contributed by atoms with Crippen molar-refractivity contribution in [3.63, 3.8) is 0 Å². The molecule has 0 aromatic heterocycles. The summed E-state index contributed by atoms with van der Waals surface area (Å²) in [5.74, 6) is 4.40. The van der Waals surface area contributed by atoms with Gasteiger partial charge in [-0.05, 0) is 129 Å². The molecule has 3 aliphatic carbocycles. The van der Waals surface area contributed by atoms with Crippen molar-refractivity contribution in [3.05, 3.63) is 12.3 Å². The average Bonchev–Trinajstić information content (AvgIpc) is 2.87. The standard InChI is InChI=1S/C31H57N3O/c1-32(2)20-19-23-7-9-24(10-8-23)27-21-30(25-11-15-28(16-12-25)33(3)4)35-31(22-27)26-13-17-29(18-14-26)34(5)6/h19-20,23-31H,7-18,21-22H2,1-6H3/p+1/b20-19+. The lowest BCUT2D eigenvalue weighted by molar-refractivity contribution is -0.247. The van der Waals surface area contributed by atoms with Gasteiger partial charge in [0.15, 0.2) is 12.2 Å². The van der Waals surface area contributed by atoms with Crippen LogP contribution in [0.25, 0.3) is 0 Å². The van der Waals surface area contributed by atoms with Crippen LogP contribution in [0.1, 0.15) is 89.9 Å². The molecule has 1 saturated heterocycles. The average molecular weight is 489 g/mol. The van der Waals surface area contributed by atoms with Crippen molar-refractivity contribution in [3.8, 4) is 0 Å². The van der Waals surface area contributed by atoms with Gasteiger partial charge in [0, 0.05) is 50.9 Å². The molecule has 4 heteroatoms. The third-order valence-corrected chi connectivity index (χ3v) is 10.6. The van der Waals surface area contributed by atoms with Crippen LogP contribution in [0.5, 0.6) is 0 Å². The molecule has 4 rings (SSSR count). The van der Waals surface area contributed by atoms with Crippen molar-refractivity contribution < 1.29 is 4.74 Å². The van der Waals surface area contributed by atoms with Crippen LogP contribution >= 0.6 is 0 Å². The van der Waals surface area contributed by atoms with Crippen molar-refractivity contribution >= 4 is 0 Å². The number of rotatable bonds is 7. The van der Waals surface area contributed by atoms with Gasteiger partial charge in [0.05, 0.1) is 0 Å². The Kier molecular flexibility index (Phi) is 10.0. The van der Waals surface area contributed by atoms with Gasteiger partial charge in [0.1, 0.15) is 0 Å². The Hall–Kier alpha value is -0.580. The molecule has 1 aliphatic heterocycles. The van der Waals surface area contributed by atoms with Crippen molar-refractivity contribution in [2.24, 2.45) is 29.6 Å². The monoisotopic (exact) mass is 488 g/mol. The molecule has 4 aliphatic rings. The van der Waals surface area contributed by atoms with Gasteiger partial charge in [-0.25, -0.2) is 0 Å². The molecule has 4 fully saturated rings. The van der Waals surface area contributed by atoms with E-state index >= 15 is 0 Å². The second-order valence-electron chi connectivity index (χ2n) is 13.6. The molecule has 202 valence electrons. The maximum Gasteiger partial charge on any atom is 0.158 e. The van der Waals surface area contributed by atoms with E-state index in [4.69, 9.17) is 4.74 Å². The predicted molar refractivity (Wildman–Crippen MR) is 150 cm³/mol. The van der Waals surface area contributed by atoms with E-state index in [1.165, 1.54) is 89.9 Å². The zero-order chi connectivity index (χ0) is 24.9. The minimum atomic E-state index is 0.653. The van der Waals surface area contributed by atoms with Crippen molar-refractivity contribution in [1.82, 2.24) is 14.7 Å². The summed E-state index contributed by atoms with van der Waals surface area (Å²) in [6.07, 6.45) is 25.8. The number of aliphatic hydroxyl groups is 2. The molecule has 35 heavy (non-hydrogen) atoms. The summed E-state index contributed by atoms with van der Waals surface area (Å²) in [5.41, 5.74) is 0. The van der Waals surface area contributed by atoms with Crippen LogP contribution in [0.4, 0.5) is 0 Å². The summed E-state index contributed by atoms with van der Waals surface area (Å²) in [6.45, 7) is 0. The van der Waals surface area contributed by atoms with E-state index in [1.807, 2.05) is 0 Å². The van der Waals surface area contributed by atoms with E-state index in [2.05, 4.69) is 69.3 Å². The van der Waals surface area contributed by atoms with E-state index < -0.39 is 0 Å². The van der Waals surface area contributed by atoms with Crippen LogP contribution in [0, 0.1) is 29.6 Å². The van der Waals surface area contributed by atoms with E-state index in [0.29, 0.717) is 12.2 Å². The molecule has 2 atom stereocenters. The smallest absolute Gasteiger partial charge is 0.158 e. The van der Waals surface area contributed by atoms with E-state index in [9.17, 15) is 0 Å². The van der Waals surface area contributed by atoms with E-state index in [0.717, 1.165) is 41.7 Å². The van der Waals surface area contributed by atoms with Gasteiger partial charge in [0.2, 0.25) is 0 Å². The summed E-state index contributed by atoms with van der Waals surface area (Å²) in [7, 11) is 13.4. The van der Waals surface area contributed by atoms with Crippen LogP contribution in [0.2, 0.25) is 0 Å². The first-order valence-corrected chi connectivity index (χ1v) is 15.2. The Bertz CT molecular complexity index is 602. The van der Waals surface area contributed by atoms with Crippen LogP contribution < -0.4 is 0 Å². The highest BCUT2D eigenvalue weighted by molar-refractivity contribution is 4.95. The Morgan fingerprint density at radius 1 is 0.514 bits per heavy atom. The first kappa shape index (κ1) is 27.5. The van der Waals surface area contributed by atoms with Gasteiger partial charge >= 0.3 is 0 Å².